The first-order valence-corrected chi connectivity index (χ1v) is 9.81. The van der Waals surface area contributed by atoms with E-state index in [0.29, 0.717) is 12.5 Å². The third-order valence-electron chi connectivity index (χ3n) is 5.05. The normalized spacial score (nSPS) is 23.8. The van der Waals surface area contributed by atoms with E-state index in [1.165, 1.54) is 10.4 Å². The molecule has 4 rings (SSSR count). The molecule has 138 valence electrons. The summed E-state index contributed by atoms with van der Waals surface area (Å²) in [7, 11) is 0. The van der Waals surface area contributed by atoms with Crippen molar-refractivity contribution in [1.29, 1.82) is 0 Å². The van der Waals surface area contributed by atoms with Crippen LogP contribution in [-0.2, 0) is 16.8 Å². The molecule has 0 aromatic carbocycles. The fourth-order valence-electron chi connectivity index (χ4n) is 3.50. The molecule has 1 atom stereocenters. The van der Waals surface area contributed by atoms with Gasteiger partial charge in [-0.1, -0.05) is 0 Å². The summed E-state index contributed by atoms with van der Waals surface area (Å²) < 4.78 is 6.06. The highest BCUT2D eigenvalue weighted by Crippen LogP contribution is 2.36. The molecule has 0 saturated carbocycles. The lowest BCUT2D eigenvalue weighted by Crippen LogP contribution is -2.52. The molecule has 8 heteroatoms. The molecular formula is C18H24N6OS. The number of piperazine rings is 1. The van der Waals surface area contributed by atoms with Crippen molar-refractivity contribution in [2.45, 2.75) is 18.9 Å². The minimum Gasteiger partial charge on any atom is -0.370 e. The number of anilines is 1. The van der Waals surface area contributed by atoms with E-state index >= 15 is 0 Å². The van der Waals surface area contributed by atoms with Crippen LogP contribution in [0.15, 0.2) is 34.9 Å². The van der Waals surface area contributed by atoms with Gasteiger partial charge in [0.05, 0.1) is 13.2 Å². The van der Waals surface area contributed by atoms with Crippen LogP contribution in [0.4, 0.5) is 5.95 Å². The quantitative estimate of drug-likeness (QED) is 0.649. The first-order chi connectivity index (χ1) is 12.7. The number of thiophene rings is 1. The Kier molecular flexibility index (Phi) is 4.78. The van der Waals surface area contributed by atoms with Crippen LogP contribution in [0.25, 0.3) is 0 Å². The summed E-state index contributed by atoms with van der Waals surface area (Å²) >= 11 is 1.80. The Hall–Kier alpha value is -2.19. The van der Waals surface area contributed by atoms with Crippen molar-refractivity contribution in [2.24, 2.45) is 10.7 Å². The predicted octanol–water partition coefficient (Wildman–Crippen LogP) is 1.46. The number of hydrogen-bond acceptors (Lipinski definition) is 6. The molecule has 2 aromatic heterocycles. The Labute approximate surface area is 157 Å². The maximum absolute atomic E-state index is 6.28. The van der Waals surface area contributed by atoms with Gasteiger partial charge in [-0.25, -0.2) is 15.0 Å². The van der Waals surface area contributed by atoms with Crippen LogP contribution in [0.1, 0.15) is 17.4 Å². The molecule has 0 amide bonds. The number of aliphatic imine (C=N–C) groups is 1. The number of hydrogen-bond donors (Lipinski definition) is 1. The van der Waals surface area contributed by atoms with E-state index in [0.717, 1.165) is 45.2 Å². The maximum Gasteiger partial charge on any atom is 0.225 e. The molecule has 2 aliphatic rings. The third-order valence-corrected chi connectivity index (χ3v) is 6.03. The highest BCUT2D eigenvalue weighted by Gasteiger charge is 2.34. The predicted molar refractivity (Wildman–Crippen MR) is 104 cm³/mol. The van der Waals surface area contributed by atoms with Gasteiger partial charge in [-0.2, -0.15) is 0 Å². The number of nitrogens with zero attached hydrogens (tertiary/aromatic N) is 5. The van der Waals surface area contributed by atoms with Crippen molar-refractivity contribution in [2.75, 3.05) is 44.2 Å². The zero-order valence-electron chi connectivity index (χ0n) is 15.0. The molecule has 7 nitrogen and oxygen atoms in total. The Morgan fingerprint density at radius 2 is 2.08 bits per heavy atom. The van der Waals surface area contributed by atoms with Crippen molar-refractivity contribution in [3.63, 3.8) is 0 Å². The van der Waals surface area contributed by atoms with Crippen LogP contribution in [0.2, 0.25) is 0 Å². The zero-order valence-corrected chi connectivity index (χ0v) is 15.8. The van der Waals surface area contributed by atoms with E-state index in [1.54, 1.807) is 23.7 Å². The van der Waals surface area contributed by atoms with Crippen LogP contribution >= 0.6 is 11.3 Å². The molecule has 1 fully saturated rings. The minimum absolute atomic E-state index is 0.377. The molecule has 2 aliphatic heterocycles. The lowest BCUT2D eigenvalue weighted by molar-refractivity contribution is -0.0376. The van der Waals surface area contributed by atoms with Crippen LogP contribution < -0.4 is 10.6 Å². The number of rotatable bonds is 3. The number of ether oxygens (including phenoxy) is 1. The van der Waals surface area contributed by atoms with Crippen molar-refractivity contribution in [1.82, 2.24) is 14.9 Å². The molecule has 0 bridgehead atoms. The maximum atomic E-state index is 6.28. The summed E-state index contributed by atoms with van der Waals surface area (Å²) in [5.74, 6) is 1.36. The second-order valence-electron chi connectivity index (χ2n) is 6.78. The molecule has 1 unspecified atom stereocenters. The number of guanidine groups is 1. The average Bonchev–Trinajstić information content (AvgIpc) is 3.18. The van der Waals surface area contributed by atoms with Crippen LogP contribution in [0.5, 0.6) is 0 Å². The molecule has 26 heavy (non-hydrogen) atoms. The van der Waals surface area contributed by atoms with Gasteiger partial charge in [-0.3, -0.25) is 0 Å². The lowest BCUT2D eigenvalue weighted by atomic mass is 9.93. The molecule has 2 N–H and O–H groups in total. The van der Waals surface area contributed by atoms with Crippen molar-refractivity contribution in [3.05, 3.63) is 40.3 Å². The summed E-state index contributed by atoms with van der Waals surface area (Å²) in [6.07, 6.45) is 4.54. The second kappa shape index (κ2) is 7.20. The standard InChI is InChI=1S/C18H24N6OS/c1-18(14-4-12-26-15(14)3-11-25-18)13-22-16(19)23-7-9-24(10-8-23)17-20-5-2-6-21-17/h2,4-6,12H,3,7-11,13H2,1H3,(H2,19,22). The number of aromatic nitrogens is 2. The SMILES string of the molecule is CC1(CN=C(N)N2CCN(c3ncccn3)CC2)OCCc2sccc21. The Morgan fingerprint density at radius 1 is 1.31 bits per heavy atom. The van der Waals surface area contributed by atoms with Gasteiger partial charge in [-0.05, 0) is 30.0 Å². The first kappa shape index (κ1) is 17.2. The van der Waals surface area contributed by atoms with E-state index in [4.69, 9.17) is 10.5 Å². The minimum atomic E-state index is -0.377. The van der Waals surface area contributed by atoms with Gasteiger partial charge in [0.25, 0.3) is 0 Å². The summed E-state index contributed by atoms with van der Waals surface area (Å²) in [6.45, 7) is 6.70. The number of fused-ring (bicyclic) bond motifs is 1. The summed E-state index contributed by atoms with van der Waals surface area (Å²) in [6, 6.07) is 3.99. The highest BCUT2D eigenvalue weighted by atomic mass is 32.1. The van der Waals surface area contributed by atoms with E-state index in [9.17, 15) is 0 Å². The van der Waals surface area contributed by atoms with E-state index < -0.39 is 0 Å². The van der Waals surface area contributed by atoms with E-state index in [-0.39, 0.29) is 5.60 Å². The smallest absolute Gasteiger partial charge is 0.225 e. The Morgan fingerprint density at radius 3 is 2.85 bits per heavy atom. The fraction of sp³-hybridized carbons (Fsp3) is 0.500. The van der Waals surface area contributed by atoms with Crippen LogP contribution in [0, 0.1) is 0 Å². The topological polar surface area (TPSA) is 79.9 Å². The van der Waals surface area contributed by atoms with E-state index in [1.807, 2.05) is 6.07 Å². The van der Waals surface area contributed by atoms with Crippen LogP contribution in [-0.4, -0.2) is 60.2 Å². The lowest BCUT2D eigenvalue weighted by Gasteiger charge is -2.36. The summed E-state index contributed by atoms with van der Waals surface area (Å²) in [5.41, 5.74) is 7.16. The number of nitrogens with two attached hydrogens (primary N) is 1. The zero-order chi connectivity index (χ0) is 18.0. The van der Waals surface area contributed by atoms with Crippen molar-refractivity contribution in [3.8, 4) is 0 Å². The Balaban J connectivity index is 1.38. The van der Waals surface area contributed by atoms with Gasteiger partial charge >= 0.3 is 0 Å². The van der Waals surface area contributed by atoms with Gasteiger partial charge in [0.2, 0.25) is 5.95 Å². The largest absolute Gasteiger partial charge is 0.370 e. The van der Waals surface area contributed by atoms with Crippen molar-refractivity contribution >= 4 is 23.2 Å². The monoisotopic (exact) mass is 372 g/mol. The van der Waals surface area contributed by atoms with Gasteiger partial charge in [0.1, 0.15) is 5.60 Å². The van der Waals surface area contributed by atoms with Gasteiger partial charge in [0.15, 0.2) is 5.96 Å². The first-order valence-electron chi connectivity index (χ1n) is 8.93. The van der Waals surface area contributed by atoms with E-state index in [2.05, 4.69) is 43.1 Å². The second-order valence-corrected chi connectivity index (χ2v) is 7.78. The molecule has 0 spiro atoms. The highest BCUT2D eigenvalue weighted by molar-refractivity contribution is 7.10. The van der Waals surface area contributed by atoms with Gasteiger partial charge in [0, 0.05) is 49.9 Å². The molecular weight excluding hydrogens is 348 g/mol. The van der Waals surface area contributed by atoms with Crippen LogP contribution in [0.3, 0.4) is 0 Å². The summed E-state index contributed by atoms with van der Waals surface area (Å²) in [5, 5.41) is 2.13. The molecule has 0 aliphatic carbocycles. The van der Waals surface area contributed by atoms with Crippen molar-refractivity contribution < 1.29 is 4.74 Å². The summed E-state index contributed by atoms with van der Waals surface area (Å²) in [4.78, 5) is 19.0. The fourth-order valence-corrected chi connectivity index (χ4v) is 4.49. The third kappa shape index (κ3) is 3.39. The molecule has 2 aromatic rings. The molecule has 4 heterocycles. The molecule has 0 radical (unpaired) electrons. The Bertz CT molecular complexity index is 771. The molecule has 1 saturated heterocycles. The van der Waals surface area contributed by atoms with Gasteiger partial charge < -0.3 is 20.3 Å². The average molecular weight is 372 g/mol. The van der Waals surface area contributed by atoms with Gasteiger partial charge in [-0.15, -0.1) is 11.3 Å².